The fourth-order valence-electron chi connectivity index (χ4n) is 2.90. The van der Waals surface area contributed by atoms with E-state index in [1.807, 2.05) is 0 Å². The third-order valence-corrected chi connectivity index (χ3v) is 3.75. The highest BCUT2D eigenvalue weighted by Gasteiger charge is 2.19. The van der Waals surface area contributed by atoms with Crippen LogP contribution >= 0.6 is 0 Å². The Kier molecular flexibility index (Phi) is 3.74. The van der Waals surface area contributed by atoms with E-state index in [4.69, 9.17) is 5.10 Å². The molecule has 0 N–H and O–H groups in total. The van der Waals surface area contributed by atoms with E-state index in [1.165, 1.54) is 29.5 Å². The van der Waals surface area contributed by atoms with E-state index in [0.29, 0.717) is 5.92 Å². The van der Waals surface area contributed by atoms with Crippen molar-refractivity contribution in [3.8, 4) is 0 Å². The van der Waals surface area contributed by atoms with Crippen LogP contribution in [0.1, 0.15) is 50.8 Å². The van der Waals surface area contributed by atoms with Gasteiger partial charge in [-0.25, -0.2) is 0 Å². The van der Waals surface area contributed by atoms with Gasteiger partial charge in [-0.15, -0.1) is 0 Å². The molecular weight excluding hydrogens is 220 g/mol. The van der Waals surface area contributed by atoms with E-state index >= 15 is 0 Å². The topological polar surface area (TPSA) is 17.8 Å². The average Bonchev–Trinajstić information content (AvgIpc) is 2.64. The Morgan fingerprint density at radius 1 is 1.28 bits per heavy atom. The van der Waals surface area contributed by atoms with Crippen molar-refractivity contribution in [3.63, 3.8) is 0 Å². The number of aryl methyl sites for hydroxylation is 2. The van der Waals surface area contributed by atoms with Gasteiger partial charge >= 0.3 is 0 Å². The lowest BCUT2D eigenvalue weighted by atomic mass is 9.90. The average molecular weight is 244 g/mol. The monoisotopic (exact) mass is 244 g/mol. The predicted molar refractivity (Wildman–Crippen MR) is 77.9 cm³/mol. The first-order valence-electron chi connectivity index (χ1n) is 6.96. The number of rotatable bonds is 4. The second kappa shape index (κ2) is 5.13. The first-order valence-corrected chi connectivity index (χ1v) is 6.96. The molecule has 1 atom stereocenters. The summed E-state index contributed by atoms with van der Waals surface area (Å²) in [7, 11) is 2.08. The molecule has 2 nitrogen and oxygen atoms in total. The molecule has 0 radical (unpaired) electrons. The molecule has 2 rings (SSSR count). The van der Waals surface area contributed by atoms with Gasteiger partial charge in [0.05, 0.1) is 5.52 Å². The highest BCUT2D eigenvalue weighted by atomic mass is 15.3. The summed E-state index contributed by atoms with van der Waals surface area (Å²) in [6, 6.07) is 6.50. The predicted octanol–water partition coefficient (Wildman–Crippen LogP) is 4.42. The van der Waals surface area contributed by atoms with E-state index < -0.39 is 0 Å². The van der Waals surface area contributed by atoms with E-state index in [1.54, 1.807) is 0 Å². The summed E-state index contributed by atoms with van der Waals surface area (Å²) in [4.78, 5) is 0. The normalized spacial score (nSPS) is 13.4. The molecule has 2 aromatic rings. The van der Waals surface area contributed by atoms with Gasteiger partial charge in [0, 0.05) is 24.0 Å². The van der Waals surface area contributed by atoms with Crippen LogP contribution in [-0.4, -0.2) is 9.78 Å². The van der Waals surface area contributed by atoms with Crippen LogP contribution in [-0.2, 0) is 7.05 Å². The van der Waals surface area contributed by atoms with Crippen LogP contribution in [0.4, 0.5) is 0 Å². The molecule has 0 fully saturated rings. The van der Waals surface area contributed by atoms with Gasteiger partial charge < -0.3 is 0 Å². The lowest BCUT2D eigenvalue weighted by Crippen LogP contribution is -2.08. The Labute approximate surface area is 110 Å². The van der Waals surface area contributed by atoms with Gasteiger partial charge in [0.2, 0.25) is 0 Å². The van der Waals surface area contributed by atoms with Gasteiger partial charge in [-0.05, 0) is 31.2 Å². The van der Waals surface area contributed by atoms with Crippen LogP contribution in [0, 0.1) is 12.8 Å². The SMILES string of the molecule is CCC(CC(C)C)c1c2cccc(C)c2nn1C. The van der Waals surface area contributed by atoms with Crippen molar-refractivity contribution in [1.29, 1.82) is 0 Å². The number of hydrogen-bond donors (Lipinski definition) is 0. The Bertz CT molecular complexity index is 537. The Hall–Kier alpha value is -1.31. The molecule has 0 spiro atoms. The van der Waals surface area contributed by atoms with Gasteiger partial charge in [0.15, 0.2) is 0 Å². The zero-order chi connectivity index (χ0) is 13.3. The number of benzene rings is 1. The molecule has 0 aliphatic rings. The second-order valence-electron chi connectivity index (χ2n) is 5.71. The number of hydrogen-bond acceptors (Lipinski definition) is 1. The molecule has 1 aromatic heterocycles. The van der Waals surface area contributed by atoms with E-state index in [-0.39, 0.29) is 0 Å². The number of nitrogens with zero attached hydrogens (tertiary/aromatic N) is 2. The van der Waals surface area contributed by atoms with Crippen molar-refractivity contribution in [3.05, 3.63) is 29.5 Å². The third kappa shape index (κ3) is 2.29. The molecular formula is C16H24N2. The lowest BCUT2D eigenvalue weighted by molar-refractivity contribution is 0.468. The number of fused-ring (bicyclic) bond motifs is 1. The summed E-state index contributed by atoms with van der Waals surface area (Å²) in [5.41, 5.74) is 3.84. The van der Waals surface area contributed by atoms with Gasteiger partial charge in [-0.1, -0.05) is 39.0 Å². The minimum absolute atomic E-state index is 0.613. The highest BCUT2D eigenvalue weighted by molar-refractivity contribution is 5.84. The molecule has 0 amide bonds. The van der Waals surface area contributed by atoms with Crippen molar-refractivity contribution >= 4 is 10.9 Å². The van der Waals surface area contributed by atoms with Gasteiger partial charge in [-0.2, -0.15) is 5.10 Å². The Morgan fingerprint density at radius 2 is 2.00 bits per heavy atom. The molecule has 18 heavy (non-hydrogen) atoms. The van der Waals surface area contributed by atoms with Crippen LogP contribution < -0.4 is 0 Å². The molecule has 2 heteroatoms. The van der Waals surface area contributed by atoms with E-state index in [0.717, 1.165) is 11.4 Å². The Balaban J connectivity index is 2.55. The maximum Gasteiger partial charge on any atom is 0.0955 e. The van der Waals surface area contributed by atoms with Gasteiger partial charge in [-0.3, -0.25) is 4.68 Å². The maximum absolute atomic E-state index is 4.71. The van der Waals surface area contributed by atoms with Crippen LogP contribution in [0.15, 0.2) is 18.2 Å². The third-order valence-electron chi connectivity index (χ3n) is 3.75. The minimum atomic E-state index is 0.613. The summed E-state index contributed by atoms with van der Waals surface area (Å²) >= 11 is 0. The maximum atomic E-state index is 4.71. The summed E-state index contributed by atoms with van der Waals surface area (Å²) < 4.78 is 2.09. The van der Waals surface area contributed by atoms with Crippen molar-refractivity contribution < 1.29 is 0 Å². The quantitative estimate of drug-likeness (QED) is 0.778. The molecule has 1 unspecified atom stereocenters. The molecule has 0 saturated carbocycles. The van der Waals surface area contributed by atoms with Gasteiger partial charge in [0.25, 0.3) is 0 Å². The first kappa shape index (κ1) is 13.1. The van der Waals surface area contributed by atoms with Crippen LogP contribution in [0.2, 0.25) is 0 Å². The zero-order valence-electron chi connectivity index (χ0n) is 12.2. The standard InChI is InChI=1S/C16H24N2/c1-6-13(10-11(2)3)16-14-9-7-8-12(4)15(14)17-18(16)5/h7-9,11,13H,6,10H2,1-5H3. The minimum Gasteiger partial charge on any atom is -0.271 e. The first-order chi connectivity index (χ1) is 8.54. The van der Waals surface area contributed by atoms with Crippen molar-refractivity contribution in [2.45, 2.75) is 46.5 Å². The summed E-state index contributed by atoms with van der Waals surface area (Å²) in [6.07, 6.45) is 2.42. The van der Waals surface area contributed by atoms with E-state index in [9.17, 15) is 0 Å². The largest absolute Gasteiger partial charge is 0.271 e. The summed E-state index contributed by atoms with van der Waals surface area (Å²) in [6.45, 7) is 9.02. The van der Waals surface area contributed by atoms with Crippen LogP contribution in [0.5, 0.6) is 0 Å². The summed E-state index contributed by atoms with van der Waals surface area (Å²) in [5.74, 6) is 1.34. The summed E-state index contributed by atoms with van der Waals surface area (Å²) in [5, 5.41) is 6.04. The highest BCUT2D eigenvalue weighted by Crippen LogP contribution is 2.32. The van der Waals surface area contributed by atoms with Crippen LogP contribution in [0.25, 0.3) is 10.9 Å². The molecule has 0 bridgehead atoms. The number of aromatic nitrogens is 2. The smallest absolute Gasteiger partial charge is 0.0955 e. The lowest BCUT2D eigenvalue weighted by Gasteiger charge is -2.18. The molecule has 98 valence electrons. The molecule has 0 saturated heterocycles. The van der Waals surface area contributed by atoms with Gasteiger partial charge in [0.1, 0.15) is 0 Å². The fourth-order valence-corrected chi connectivity index (χ4v) is 2.90. The van der Waals surface area contributed by atoms with Crippen molar-refractivity contribution in [2.24, 2.45) is 13.0 Å². The Morgan fingerprint density at radius 3 is 2.61 bits per heavy atom. The van der Waals surface area contributed by atoms with Crippen molar-refractivity contribution in [2.75, 3.05) is 0 Å². The zero-order valence-corrected chi connectivity index (χ0v) is 12.2. The fraction of sp³-hybridized carbons (Fsp3) is 0.562. The second-order valence-corrected chi connectivity index (χ2v) is 5.71. The van der Waals surface area contributed by atoms with E-state index in [2.05, 4.69) is 57.6 Å². The molecule has 1 aromatic carbocycles. The molecule has 0 aliphatic heterocycles. The molecule has 1 heterocycles. The molecule has 0 aliphatic carbocycles. The van der Waals surface area contributed by atoms with Crippen molar-refractivity contribution in [1.82, 2.24) is 9.78 Å². The van der Waals surface area contributed by atoms with Crippen LogP contribution in [0.3, 0.4) is 0 Å².